The molecule has 1 aromatic heterocycles. The first kappa shape index (κ1) is 16.8. The van der Waals surface area contributed by atoms with Crippen LogP contribution in [0.3, 0.4) is 0 Å². The Balaban J connectivity index is 1.42. The summed E-state index contributed by atoms with van der Waals surface area (Å²) in [5, 5.41) is 2.87. The highest BCUT2D eigenvalue weighted by molar-refractivity contribution is 5.91. The molecule has 0 spiro atoms. The van der Waals surface area contributed by atoms with Crippen LogP contribution >= 0.6 is 0 Å². The highest BCUT2D eigenvalue weighted by Crippen LogP contribution is 2.15. The van der Waals surface area contributed by atoms with Crippen molar-refractivity contribution < 1.29 is 9.21 Å². The zero-order valence-corrected chi connectivity index (χ0v) is 14.2. The van der Waals surface area contributed by atoms with Gasteiger partial charge >= 0.3 is 0 Å². The van der Waals surface area contributed by atoms with Crippen LogP contribution in [-0.4, -0.2) is 31.0 Å². The quantitative estimate of drug-likeness (QED) is 0.530. The SMILES string of the molecule is CN(CCCNC(=O)/C=C/c1nc2ccccc2o1)c1ccccc1. The van der Waals surface area contributed by atoms with Gasteiger partial charge in [0.05, 0.1) is 0 Å². The molecule has 0 unspecified atom stereocenters. The summed E-state index contributed by atoms with van der Waals surface area (Å²) < 4.78 is 5.54. The van der Waals surface area contributed by atoms with Crippen LogP contribution in [0.25, 0.3) is 17.2 Å². The Morgan fingerprint density at radius 2 is 1.92 bits per heavy atom. The number of rotatable bonds is 7. The molecule has 0 aliphatic rings. The first-order valence-electron chi connectivity index (χ1n) is 8.30. The Kier molecular flexibility index (Phi) is 5.46. The van der Waals surface area contributed by atoms with E-state index in [2.05, 4.69) is 27.3 Å². The second kappa shape index (κ2) is 8.15. The smallest absolute Gasteiger partial charge is 0.244 e. The average molecular weight is 335 g/mol. The molecule has 3 rings (SSSR count). The van der Waals surface area contributed by atoms with Gasteiger partial charge in [0, 0.05) is 38.0 Å². The molecule has 0 fully saturated rings. The van der Waals surface area contributed by atoms with Crippen molar-refractivity contribution in [1.82, 2.24) is 10.3 Å². The van der Waals surface area contributed by atoms with Crippen LogP contribution in [0.5, 0.6) is 0 Å². The Labute approximate surface area is 147 Å². The van der Waals surface area contributed by atoms with E-state index in [1.807, 2.05) is 49.5 Å². The van der Waals surface area contributed by atoms with Gasteiger partial charge in [0.15, 0.2) is 5.58 Å². The number of carbonyl (C=O) groups excluding carboxylic acids is 1. The lowest BCUT2D eigenvalue weighted by Gasteiger charge is -2.18. The average Bonchev–Trinajstić information content (AvgIpc) is 3.07. The van der Waals surface area contributed by atoms with E-state index >= 15 is 0 Å². The van der Waals surface area contributed by atoms with Crippen LogP contribution in [0, 0.1) is 0 Å². The fraction of sp³-hybridized carbons (Fsp3) is 0.200. The maximum Gasteiger partial charge on any atom is 0.244 e. The Morgan fingerprint density at radius 1 is 1.16 bits per heavy atom. The topological polar surface area (TPSA) is 58.4 Å². The summed E-state index contributed by atoms with van der Waals surface area (Å²) in [6.07, 6.45) is 3.91. The monoisotopic (exact) mass is 335 g/mol. The first-order valence-corrected chi connectivity index (χ1v) is 8.30. The lowest BCUT2D eigenvalue weighted by Crippen LogP contribution is -2.26. The van der Waals surface area contributed by atoms with Gasteiger partial charge in [-0.25, -0.2) is 4.98 Å². The van der Waals surface area contributed by atoms with E-state index in [0.29, 0.717) is 18.0 Å². The predicted molar refractivity (Wildman–Crippen MR) is 100 cm³/mol. The molecule has 5 nitrogen and oxygen atoms in total. The summed E-state index contributed by atoms with van der Waals surface area (Å²) in [5.74, 6) is 0.282. The van der Waals surface area contributed by atoms with Crippen molar-refractivity contribution in [3.05, 3.63) is 66.6 Å². The minimum atomic E-state index is -0.148. The lowest BCUT2D eigenvalue weighted by atomic mass is 10.3. The zero-order valence-electron chi connectivity index (χ0n) is 14.2. The second-order valence-electron chi connectivity index (χ2n) is 5.75. The third kappa shape index (κ3) is 4.70. The number of nitrogens with zero attached hydrogens (tertiary/aromatic N) is 2. The van der Waals surface area contributed by atoms with Crippen molar-refractivity contribution in [3.8, 4) is 0 Å². The molecule has 128 valence electrons. The van der Waals surface area contributed by atoms with Gasteiger partial charge < -0.3 is 14.6 Å². The van der Waals surface area contributed by atoms with Crippen LogP contribution in [0.4, 0.5) is 5.69 Å². The second-order valence-corrected chi connectivity index (χ2v) is 5.75. The molecule has 0 aliphatic carbocycles. The van der Waals surface area contributed by atoms with Crippen LogP contribution < -0.4 is 10.2 Å². The van der Waals surface area contributed by atoms with Crippen LogP contribution in [0.15, 0.2) is 65.1 Å². The zero-order chi connectivity index (χ0) is 17.5. The first-order chi connectivity index (χ1) is 12.2. The number of hydrogen-bond acceptors (Lipinski definition) is 4. The number of fused-ring (bicyclic) bond motifs is 1. The van der Waals surface area contributed by atoms with Crippen molar-refractivity contribution in [2.75, 3.05) is 25.0 Å². The minimum absolute atomic E-state index is 0.148. The van der Waals surface area contributed by atoms with Crippen molar-refractivity contribution in [3.63, 3.8) is 0 Å². The largest absolute Gasteiger partial charge is 0.437 e. The van der Waals surface area contributed by atoms with Gasteiger partial charge in [-0.05, 0) is 30.7 Å². The summed E-state index contributed by atoms with van der Waals surface area (Å²) in [4.78, 5) is 18.3. The molecule has 1 heterocycles. The highest BCUT2D eigenvalue weighted by atomic mass is 16.3. The van der Waals surface area contributed by atoms with Crippen LogP contribution in [0.2, 0.25) is 0 Å². The minimum Gasteiger partial charge on any atom is -0.437 e. The van der Waals surface area contributed by atoms with E-state index in [1.54, 1.807) is 6.08 Å². The lowest BCUT2D eigenvalue weighted by molar-refractivity contribution is -0.116. The van der Waals surface area contributed by atoms with Crippen LogP contribution in [0.1, 0.15) is 12.3 Å². The van der Waals surface area contributed by atoms with Crippen molar-refractivity contribution in [1.29, 1.82) is 0 Å². The Bertz CT molecular complexity index is 823. The van der Waals surface area contributed by atoms with Gasteiger partial charge in [-0.15, -0.1) is 0 Å². The Hall–Kier alpha value is -3.08. The number of aromatic nitrogens is 1. The maximum absolute atomic E-state index is 11.9. The number of oxazole rings is 1. The van der Waals surface area contributed by atoms with Gasteiger partial charge in [-0.1, -0.05) is 30.3 Å². The molecular weight excluding hydrogens is 314 g/mol. The van der Waals surface area contributed by atoms with E-state index < -0.39 is 0 Å². The molecule has 5 heteroatoms. The molecule has 25 heavy (non-hydrogen) atoms. The maximum atomic E-state index is 11.9. The number of hydrogen-bond donors (Lipinski definition) is 1. The van der Waals surface area contributed by atoms with Gasteiger partial charge in [-0.2, -0.15) is 0 Å². The number of amides is 1. The highest BCUT2D eigenvalue weighted by Gasteiger charge is 2.03. The molecule has 3 aromatic rings. The summed E-state index contributed by atoms with van der Waals surface area (Å²) >= 11 is 0. The van der Waals surface area contributed by atoms with Crippen LogP contribution in [-0.2, 0) is 4.79 Å². The van der Waals surface area contributed by atoms with Crippen molar-refractivity contribution in [2.24, 2.45) is 0 Å². The van der Waals surface area contributed by atoms with E-state index in [4.69, 9.17) is 4.42 Å². The molecule has 1 amide bonds. The summed E-state index contributed by atoms with van der Waals surface area (Å²) in [6, 6.07) is 17.7. The molecule has 0 bridgehead atoms. The number of carbonyl (C=O) groups is 1. The summed E-state index contributed by atoms with van der Waals surface area (Å²) in [7, 11) is 2.05. The standard InChI is InChI=1S/C20H21N3O2/c1-23(16-8-3-2-4-9-16)15-7-14-21-19(24)12-13-20-22-17-10-5-6-11-18(17)25-20/h2-6,8-13H,7,14-15H2,1H3,(H,21,24)/b13-12+. The van der Waals surface area contributed by atoms with E-state index in [-0.39, 0.29) is 5.91 Å². The number of anilines is 1. The number of benzene rings is 2. The van der Waals surface area contributed by atoms with Crippen molar-refractivity contribution in [2.45, 2.75) is 6.42 Å². The predicted octanol–water partition coefficient (Wildman–Crippen LogP) is 3.48. The molecule has 0 saturated heterocycles. The van der Waals surface area contributed by atoms with Gasteiger partial charge in [0.1, 0.15) is 5.52 Å². The third-order valence-electron chi connectivity index (χ3n) is 3.85. The number of nitrogens with one attached hydrogen (secondary N) is 1. The van der Waals surface area contributed by atoms with Gasteiger partial charge in [-0.3, -0.25) is 4.79 Å². The molecule has 0 atom stereocenters. The van der Waals surface area contributed by atoms with Gasteiger partial charge in [0.2, 0.25) is 11.8 Å². The van der Waals surface area contributed by atoms with E-state index in [1.165, 1.54) is 11.8 Å². The van der Waals surface area contributed by atoms with Gasteiger partial charge in [0.25, 0.3) is 0 Å². The molecule has 0 saturated carbocycles. The molecule has 1 N–H and O–H groups in total. The molecular formula is C20H21N3O2. The molecule has 0 radical (unpaired) electrons. The van der Waals surface area contributed by atoms with E-state index in [9.17, 15) is 4.79 Å². The fourth-order valence-corrected chi connectivity index (χ4v) is 2.51. The Morgan fingerprint density at radius 3 is 2.72 bits per heavy atom. The van der Waals surface area contributed by atoms with E-state index in [0.717, 1.165) is 18.5 Å². The normalized spacial score (nSPS) is 11.1. The third-order valence-corrected chi connectivity index (χ3v) is 3.85. The molecule has 0 aliphatic heterocycles. The number of para-hydroxylation sites is 3. The molecule has 2 aromatic carbocycles. The fourth-order valence-electron chi connectivity index (χ4n) is 2.51. The summed E-state index contributed by atoms with van der Waals surface area (Å²) in [6.45, 7) is 1.49. The van der Waals surface area contributed by atoms with Crippen molar-refractivity contribution >= 4 is 28.8 Å². The summed E-state index contributed by atoms with van der Waals surface area (Å²) in [5.41, 5.74) is 2.67.